The molecule has 0 aliphatic carbocycles. The van der Waals surface area contributed by atoms with Crippen molar-refractivity contribution in [2.24, 2.45) is 5.41 Å². The molecule has 0 radical (unpaired) electrons. The van der Waals surface area contributed by atoms with Crippen molar-refractivity contribution in [2.75, 3.05) is 39.5 Å². The van der Waals surface area contributed by atoms with Crippen molar-refractivity contribution in [3.63, 3.8) is 0 Å². The van der Waals surface area contributed by atoms with Crippen LogP contribution in [0.1, 0.15) is 18.4 Å². The van der Waals surface area contributed by atoms with Gasteiger partial charge in [-0.15, -0.1) is 0 Å². The summed E-state index contributed by atoms with van der Waals surface area (Å²) in [7, 11) is 0. The standard InChI is InChI=1S/C17H24FNO3/c18-15-3-1-14(2-4-15)9-22-16-5-7-19(8-6-16)10-17(11-20)12-21-13-17/h1-4,16,20H,5-13H2. The van der Waals surface area contributed by atoms with Crippen LogP contribution in [0.2, 0.25) is 0 Å². The SMILES string of the molecule is OCC1(CN2CCC(OCc3ccc(F)cc3)CC2)COC1. The average molecular weight is 309 g/mol. The van der Waals surface area contributed by atoms with Gasteiger partial charge in [0.1, 0.15) is 5.82 Å². The molecule has 0 spiro atoms. The van der Waals surface area contributed by atoms with Crippen molar-refractivity contribution < 1.29 is 19.0 Å². The molecular weight excluding hydrogens is 285 g/mol. The number of halogens is 1. The van der Waals surface area contributed by atoms with Crippen LogP contribution in [0.4, 0.5) is 4.39 Å². The Morgan fingerprint density at radius 1 is 1.23 bits per heavy atom. The van der Waals surface area contributed by atoms with Crippen molar-refractivity contribution in [2.45, 2.75) is 25.6 Å². The lowest BCUT2D eigenvalue weighted by Gasteiger charge is -2.44. The average Bonchev–Trinajstić information content (AvgIpc) is 2.52. The van der Waals surface area contributed by atoms with E-state index in [-0.39, 0.29) is 23.9 Å². The van der Waals surface area contributed by atoms with E-state index in [4.69, 9.17) is 9.47 Å². The second-order valence-electron chi connectivity index (χ2n) is 6.56. The number of aliphatic hydroxyl groups excluding tert-OH is 1. The zero-order valence-electron chi connectivity index (χ0n) is 12.8. The summed E-state index contributed by atoms with van der Waals surface area (Å²) in [5.74, 6) is -0.213. The summed E-state index contributed by atoms with van der Waals surface area (Å²) in [6.07, 6.45) is 2.27. The maximum Gasteiger partial charge on any atom is 0.123 e. The van der Waals surface area contributed by atoms with Crippen molar-refractivity contribution >= 4 is 0 Å². The first kappa shape index (κ1) is 15.9. The molecule has 1 aromatic carbocycles. The maximum absolute atomic E-state index is 12.9. The van der Waals surface area contributed by atoms with Gasteiger partial charge in [-0.25, -0.2) is 4.39 Å². The lowest BCUT2D eigenvalue weighted by Crippen LogP contribution is -2.54. The Morgan fingerprint density at radius 2 is 1.91 bits per heavy atom. The van der Waals surface area contributed by atoms with Crippen molar-refractivity contribution in [3.05, 3.63) is 35.6 Å². The van der Waals surface area contributed by atoms with Gasteiger partial charge >= 0.3 is 0 Å². The van der Waals surface area contributed by atoms with E-state index >= 15 is 0 Å². The van der Waals surface area contributed by atoms with E-state index in [9.17, 15) is 9.50 Å². The number of ether oxygens (including phenoxy) is 2. The Hall–Kier alpha value is -1.01. The Labute approximate surface area is 130 Å². The van der Waals surface area contributed by atoms with Gasteiger partial charge in [0.05, 0.1) is 37.9 Å². The Bertz CT molecular complexity index is 462. The molecule has 3 rings (SSSR count). The van der Waals surface area contributed by atoms with E-state index in [1.807, 2.05) is 0 Å². The summed E-state index contributed by atoms with van der Waals surface area (Å²) in [6.45, 7) is 4.99. The highest BCUT2D eigenvalue weighted by atomic mass is 19.1. The normalized spacial score (nSPS) is 22.5. The highest BCUT2D eigenvalue weighted by Crippen LogP contribution is 2.29. The third-order valence-electron chi connectivity index (χ3n) is 4.64. The molecule has 1 aromatic rings. The molecule has 5 heteroatoms. The van der Waals surface area contributed by atoms with Crippen LogP contribution in [0.15, 0.2) is 24.3 Å². The Morgan fingerprint density at radius 3 is 2.45 bits per heavy atom. The molecule has 0 aromatic heterocycles. The minimum atomic E-state index is -0.213. The van der Waals surface area contributed by atoms with Crippen molar-refractivity contribution in [1.82, 2.24) is 4.90 Å². The Balaban J connectivity index is 1.39. The van der Waals surface area contributed by atoms with Gasteiger partial charge in [0, 0.05) is 19.6 Å². The third-order valence-corrected chi connectivity index (χ3v) is 4.64. The zero-order valence-corrected chi connectivity index (χ0v) is 12.8. The largest absolute Gasteiger partial charge is 0.396 e. The van der Waals surface area contributed by atoms with Gasteiger partial charge in [0.2, 0.25) is 0 Å². The molecule has 122 valence electrons. The van der Waals surface area contributed by atoms with Gasteiger partial charge in [0.15, 0.2) is 0 Å². The van der Waals surface area contributed by atoms with E-state index in [0.717, 1.165) is 38.0 Å². The molecule has 2 aliphatic rings. The van der Waals surface area contributed by atoms with Crippen LogP contribution in [-0.2, 0) is 16.1 Å². The van der Waals surface area contributed by atoms with Crippen LogP contribution < -0.4 is 0 Å². The number of hydrogen-bond acceptors (Lipinski definition) is 4. The number of aliphatic hydroxyl groups is 1. The van der Waals surface area contributed by atoms with Crippen LogP contribution in [0.25, 0.3) is 0 Å². The molecule has 0 bridgehead atoms. The summed E-state index contributed by atoms with van der Waals surface area (Å²) in [6, 6.07) is 6.48. The first-order valence-electron chi connectivity index (χ1n) is 7.96. The summed E-state index contributed by atoms with van der Waals surface area (Å²) >= 11 is 0. The van der Waals surface area contributed by atoms with E-state index in [1.165, 1.54) is 12.1 Å². The lowest BCUT2D eigenvalue weighted by atomic mass is 9.86. The molecule has 1 N–H and O–H groups in total. The lowest BCUT2D eigenvalue weighted by molar-refractivity contribution is -0.151. The monoisotopic (exact) mass is 309 g/mol. The molecule has 2 heterocycles. The van der Waals surface area contributed by atoms with Crippen LogP contribution in [0.5, 0.6) is 0 Å². The maximum atomic E-state index is 12.9. The smallest absolute Gasteiger partial charge is 0.123 e. The van der Waals surface area contributed by atoms with Crippen LogP contribution in [-0.4, -0.2) is 55.6 Å². The van der Waals surface area contributed by atoms with Gasteiger partial charge in [0.25, 0.3) is 0 Å². The highest BCUT2D eigenvalue weighted by Gasteiger charge is 2.40. The second-order valence-corrected chi connectivity index (χ2v) is 6.56. The predicted molar refractivity (Wildman–Crippen MR) is 81.0 cm³/mol. The van der Waals surface area contributed by atoms with E-state index < -0.39 is 0 Å². The van der Waals surface area contributed by atoms with Gasteiger partial charge in [-0.05, 0) is 30.5 Å². The molecule has 0 amide bonds. The van der Waals surface area contributed by atoms with Crippen LogP contribution >= 0.6 is 0 Å². The summed E-state index contributed by atoms with van der Waals surface area (Å²) < 4.78 is 24.0. The molecule has 22 heavy (non-hydrogen) atoms. The molecular formula is C17H24FNO3. The first-order chi connectivity index (χ1) is 10.7. The van der Waals surface area contributed by atoms with Crippen LogP contribution in [0.3, 0.4) is 0 Å². The zero-order chi connectivity index (χ0) is 15.4. The summed E-state index contributed by atoms with van der Waals surface area (Å²) in [4.78, 5) is 2.40. The highest BCUT2D eigenvalue weighted by molar-refractivity contribution is 5.15. The molecule has 2 fully saturated rings. The van der Waals surface area contributed by atoms with Crippen molar-refractivity contribution in [1.29, 1.82) is 0 Å². The number of nitrogens with zero attached hydrogens (tertiary/aromatic N) is 1. The van der Waals surface area contributed by atoms with Gasteiger partial charge in [-0.3, -0.25) is 0 Å². The van der Waals surface area contributed by atoms with E-state index in [1.54, 1.807) is 12.1 Å². The fourth-order valence-electron chi connectivity index (χ4n) is 3.13. The molecule has 0 saturated carbocycles. The summed E-state index contributed by atoms with van der Waals surface area (Å²) in [5.41, 5.74) is 0.969. The predicted octanol–water partition coefficient (Wildman–Crippen LogP) is 1.82. The quantitative estimate of drug-likeness (QED) is 0.870. The molecule has 0 unspecified atom stereocenters. The van der Waals surface area contributed by atoms with Gasteiger partial charge in [-0.2, -0.15) is 0 Å². The van der Waals surface area contributed by atoms with Crippen molar-refractivity contribution in [3.8, 4) is 0 Å². The minimum absolute atomic E-state index is 0.0399. The third kappa shape index (κ3) is 3.84. The fourth-order valence-corrected chi connectivity index (χ4v) is 3.13. The number of hydrogen-bond donors (Lipinski definition) is 1. The van der Waals surface area contributed by atoms with E-state index in [2.05, 4.69) is 4.90 Å². The van der Waals surface area contributed by atoms with Gasteiger partial charge in [-0.1, -0.05) is 12.1 Å². The molecule has 2 saturated heterocycles. The molecule has 2 aliphatic heterocycles. The number of benzene rings is 1. The number of rotatable bonds is 6. The Kier molecular flexibility index (Phi) is 5.08. The molecule has 0 atom stereocenters. The van der Waals surface area contributed by atoms with Gasteiger partial charge < -0.3 is 19.5 Å². The molecule has 4 nitrogen and oxygen atoms in total. The summed E-state index contributed by atoms with van der Waals surface area (Å²) in [5, 5.41) is 9.49. The second kappa shape index (κ2) is 7.04. The number of likely N-dealkylation sites (tertiary alicyclic amines) is 1. The number of piperidine rings is 1. The topological polar surface area (TPSA) is 41.9 Å². The first-order valence-corrected chi connectivity index (χ1v) is 7.96. The van der Waals surface area contributed by atoms with E-state index in [0.29, 0.717) is 19.8 Å². The fraction of sp³-hybridized carbons (Fsp3) is 0.647. The minimum Gasteiger partial charge on any atom is -0.396 e. The van der Waals surface area contributed by atoms with Crippen LogP contribution in [0, 0.1) is 11.2 Å².